The lowest BCUT2D eigenvalue weighted by molar-refractivity contribution is 0.340. The second-order valence-electron chi connectivity index (χ2n) is 6.93. The van der Waals surface area contributed by atoms with Gasteiger partial charge in [-0.15, -0.1) is 0 Å². The number of ether oxygens (including phenoxy) is 1. The van der Waals surface area contributed by atoms with Crippen LogP contribution in [-0.4, -0.2) is 32.3 Å². The lowest BCUT2D eigenvalue weighted by Gasteiger charge is -2.33. The molecule has 0 bridgehead atoms. The Bertz CT molecular complexity index is 995. The van der Waals surface area contributed by atoms with Crippen molar-refractivity contribution >= 4 is 16.5 Å². The van der Waals surface area contributed by atoms with Gasteiger partial charge >= 0.3 is 5.63 Å². The molecule has 3 aromatic rings. The van der Waals surface area contributed by atoms with Crippen molar-refractivity contribution in [1.29, 1.82) is 0 Å². The summed E-state index contributed by atoms with van der Waals surface area (Å²) in [5, 5.41) is 4.95. The fourth-order valence-electron chi connectivity index (χ4n) is 3.56. The molecule has 5 nitrogen and oxygen atoms in total. The van der Waals surface area contributed by atoms with E-state index in [-0.39, 0.29) is 5.63 Å². The highest BCUT2D eigenvalue weighted by Crippen LogP contribution is 2.27. The molecule has 5 heteroatoms. The molecule has 1 unspecified atom stereocenters. The number of piperazine rings is 1. The van der Waals surface area contributed by atoms with Crippen molar-refractivity contribution in [3.63, 3.8) is 0 Å². The summed E-state index contributed by atoms with van der Waals surface area (Å²) < 4.78 is 11.1. The molecule has 1 aliphatic rings. The van der Waals surface area contributed by atoms with Gasteiger partial charge in [0.05, 0.1) is 12.0 Å². The predicted octanol–water partition coefficient (Wildman–Crippen LogP) is 3.66. The normalized spacial score (nSPS) is 17.3. The molecule has 2 heterocycles. The standard InChI is InChI=1S/C22H24N2O3/c1-3-26-19-8-5-16(6-9-19)21-12-17-4-7-18(13-20(17)22(25)27-21)24-11-10-23-15(2)14-24/h4-9,12-13,15,23H,3,10-11,14H2,1-2H3. The van der Waals surface area contributed by atoms with Gasteiger partial charge in [0.15, 0.2) is 0 Å². The highest BCUT2D eigenvalue weighted by Gasteiger charge is 2.17. The van der Waals surface area contributed by atoms with E-state index in [9.17, 15) is 4.79 Å². The van der Waals surface area contributed by atoms with Gasteiger partial charge in [0, 0.05) is 36.9 Å². The summed E-state index contributed by atoms with van der Waals surface area (Å²) in [7, 11) is 0. The van der Waals surface area contributed by atoms with E-state index in [0.717, 1.165) is 42.0 Å². The molecule has 1 aromatic heterocycles. The Kier molecular flexibility index (Phi) is 4.86. The second kappa shape index (κ2) is 7.45. The molecule has 140 valence electrons. The van der Waals surface area contributed by atoms with Crippen LogP contribution < -0.4 is 20.6 Å². The molecule has 0 radical (unpaired) electrons. The molecule has 27 heavy (non-hydrogen) atoms. The lowest BCUT2D eigenvalue weighted by Crippen LogP contribution is -2.49. The van der Waals surface area contributed by atoms with Gasteiger partial charge < -0.3 is 19.4 Å². The van der Waals surface area contributed by atoms with Crippen LogP contribution in [0.5, 0.6) is 5.75 Å². The highest BCUT2D eigenvalue weighted by atomic mass is 16.5. The smallest absolute Gasteiger partial charge is 0.344 e. The average Bonchev–Trinajstić information content (AvgIpc) is 2.68. The molecule has 1 atom stereocenters. The first-order valence-corrected chi connectivity index (χ1v) is 9.43. The Hall–Kier alpha value is -2.79. The van der Waals surface area contributed by atoms with Gasteiger partial charge in [-0.2, -0.15) is 0 Å². The maximum Gasteiger partial charge on any atom is 0.344 e. The van der Waals surface area contributed by atoms with Crippen molar-refractivity contribution in [2.24, 2.45) is 0 Å². The van der Waals surface area contributed by atoms with Crippen LogP contribution in [0.3, 0.4) is 0 Å². The monoisotopic (exact) mass is 364 g/mol. The molecular formula is C22H24N2O3. The van der Waals surface area contributed by atoms with E-state index in [1.807, 2.05) is 49.4 Å². The van der Waals surface area contributed by atoms with Gasteiger partial charge in [0.25, 0.3) is 0 Å². The summed E-state index contributed by atoms with van der Waals surface area (Å²) in [6, 6.07) is 16.0. The van der Waals surface area contributed by atoms with E-state index in [0.29, 0.717) is 23.8 Å². The number of hydrogen-bond donors (Lipinski definition) is 1. The van der Waals surface area contributed by atoms with Crippen molar-refractivity contribution in [3.8, 4) is 17.1 Å². The fourth-order valence-corrected chi connectivity index (χ4v) is 3.56. The van der Waals surface area contributed by atoms with Gasteiger partial charge in [-0.1, -0.05) is 6.07 Å². The van der Waals surface area contributed by atoms with Crippen molar-refractivity contribution in [2.75, 3.05) is 31.1 Å². The lowest BCUT2D eigenvalue weighted by atomic mass is 10.1. The summed E-state index contributed by atoms with van der Waals surface area (Å²) >= 11 is 0. The van der Waals surface area contributed by atoms with Crippen LogP contribution in [0.1, 0.15) is 13.8 Å². The Balaban J connectivity index is 1.68. The van der Waals surface area contributed by atoms with E-state index < -0.39 is 0 Å². The Morgan fingerprint density at radius 3 is 2.74 bits per heavy atom. The quantitative estimate of drug-likeness (QED) is 0.766. The maximum atomic E-state index is 12.6. The molecule has 0 spiro atoms. The third-order valence-corrected chi connectivity index (χ3v) is 4.93. The molecule has 0 amide bonds. The summed E-state index contributed by atoms with van der Waals surface area (Å²) in [4.78, 5) is 14.9. The van der Waals surface area contributed by atoms with Crippen molar-refractivity contribution in [2.45, 2.75) is 19.9 Å². The van der Waals surface area contributed by atoms with Crippen LogP contribution >= 0.6 is 0 Å². The second-order valence-corrected chi connectivity index (χ2v) is 6.93. The Morgan fingerprint density at radius 2 is 2.00 bits per heavy atom. The zero-order valence-corrected chi connectivity index (χ0v) is 15.7. The molecule has 2 aromatic carbocycles. The van der Waals surface area contributed by atoms with Crippen molar-refractivity contribution in [3.05, 3.63) is 59.0 Å². The first-order chi connectivity index (χ1) is 13.1. The van der Waals surface area contributed by atoms with E-state index in [2.05, 4.69) is 23.2 Å². The van der Waals surface area contributed by atoms with Gasteiger partial charge in [0.1, 0.15) is 11.5 Å². The SMILES string of the molecule is CCOc1ccc(-c2cc3ccc(N4CCNC(C)C4)cc3c(=O)o2)cc1. The largest absolute Gasteiger partial charge is 0.494 e. The Morgan fingerprint density at radius 1 is 1.19 bits per heavy atom. The minimum absolute atomic E-state index is 0.304. The van der Waals surface area contributed by atoms with Crippen LogP contribution in [0.15, 0.2) is 57.7 Å². The van der Waals surface area contributed by atoms with Gasteiger partial charge in [-0.25, -0.2) is 4.79 Å². The average molecular weight is 364 g/mol. The van der Waals surface area contributed by atoms with Crippen molar-refractivity contribution in [1.82, 2.24) is 5.32 Å². The third kappa shape index (κ3) is 3.69. The minimum Gasteiger partial charge on any atom is -0.494 e. The molecule has 1 N–H and O–H groups in total. The maximum absolute atomic E-state index is 12.6. The van der Waals surface area contributed by atoms with E-state index in [4.69, 9.17) is 9.15 Å². The fraction of sp³-hybridized carbons (Fsp3) is 0.318. The van der Waals surface area contributed by atoms with Crippen LogP contribution in [0.2, 0.25) is 0 Å². The number of nitrogens with one attached hydrogen (secondary N) is 1. The van der Waals surface area contributed by atoms with E-state index in [1.54, 1.807) is 0 Å². The van der Waals surface area contributed by atoms with E-state index in [1.165, 1.54) is 0 Å². The van der Waals surface area contributed by atoms with E-state index >= 15 is 0 Å². The summed E-state index contributed by atoms with van der Waals surface area (Å²) in [6.45, 7) is 7.56. The number of rotatable bonds is 4. The van der Waals surface area contributed by atoms with Gasteiger partial charge in [0.2, 0.25) is 0 Å². The summed E-state index contributed by atoms with van der Waals surface area (Å²) in [6.07, 6.45) is 0. The molecule has 1 fully saturated rings. The highest BCUT2D eigenvalue weighted by molar-refractivity contribution is 5.87. The predicted molar refractivity (Wildman–Crippen MR) is 109 cm³/mol. The summed E-state index contributed by atoms with van der Waals surface area (Å²) in [5.41, 5.74) is 1.62. The molecule has 0 saturated carbocycles. The van der Waals surface area contributed by atoms with Gasteiger partial charge in [-0.05, 0) is 61.7 Å². The Labute approximate surface area is 158 Å². The molecule has 0 aliphatic carbocycles. The summed E-state index contributed by atoms with van der Waals surface area (Å²) in [5.74, 6) is 1.37. The zero-order chi connectivity index (χ0) is 18.8. The van der Waals surface area contributed by atoms with Gasteiger partial charge in [-0.3, -0.25) is 0 Å². The molecular weight excluding hydrogens is 340 g/mol. The van der Waals surface area contributed by atoms with Crippen LogP contribution in [0, 0.1) is 0 Å². The van der Waals surface area contributed by atoms with Crippen LogP contribution in [-0.2, 0) is 0 Å². The molecule has 1 saturated heterocycles. The minimum atomic E-state index is -0.304. The number of hydrogen-bond acceptors (Lipinski definition) is 5. The molecule has 1 aliphatic heterocycles. The molecule has 4 rings (SSSR count). The van der Waals surface area contributed by atoms with Crippen molar-refractivity contribution < 1.29 is 9.15 Å². The first-order valence-electron chi connectivity index (χ1n) is 9.43. The third-order valence-electron chi connectivity index (χ3n) is 4.93. The number of anilines is 1. The zero-order valence-electron chi connectivity index (χ0n) is 15.7. The first kappa shape index (κ1) is 17.6. The van der Waals surface area contributed by atoms with Crippen LogP contribution in [0.25, 0.3) is 22.1 Å². The number of benzene rings is 2. The topological polar surface area (TPSA) is 54.7 Å². The number of nitrogens with zero attached hydrogens (tertiary/aromatic N) is 1. The van der Waals surface area contributed by atoms with Crippen LogP contribution in [0.4, 0.5) is 5.69 Å². The number of fused-ring (bicyclic) bond motifs is 1.